The van der Waals surface area contributed by atoms with Crippen molar-refractivity contribution < 1.29 is 97.4 Å². The topological polar surface area (TPSA) is 26.0 Å². The predicted octanol–water partition coefficient (Wildman–Crippen LogP) is 6.05. The van der Waals surface area contributed by atoms with E-state index in [1.54, 1.807) is 29.5 Å². The lowest BCUT2D eigenvalue weighted by atomic mass is 9.12. The van der Waals surface area contributed by atoms with Crippen LogP contribution in [0.4, 0.5) is 87.8 Å². The third-order valence-corrected chi connectivity index (χ3v) is 7.75. The van der Waals surface area contributed by atoms with Crippen LogP contribution in [-0.4, -0.2) is 17.7 Å². The molecule has 0 aliphatic carbocycles. The molecular weight excluding hydrogens is 807 g/mol. The number of rotatable bonds is 7. The highest BCUT2D eigenvalue weighted by Crippen LogP contribution is 2.30. The molecule has 1 aromatic heterocycles. The Bertz CT molecular complexity index is 1940. The van der Waals surface area contributed by atoms with Gasteiger partial charge in [0.05, 0.1) is 12.4 Å². The SMILES string of the molecule is CCCO[n+]1ccncc1.Fc1c(F)c(F)c([B-](c2c(F)c(F)c(F)c(F)c2F)(c2c(F)c(F)c(F)c(F)c2F)c2c(F)c(F)c(F)c(F)c2F)c(F)c1F. The van der Waals surface area contributed by atoms with Gasteiger partial charge in [-0.3, -0.25) is 9.82 Å². The minimum atomic E-state index is -7.22. The lowest BCUT2D eigenvalue weighted by Crippen LogP contribution is -2.81. The minimum Gasteiger partial charge on any atom is -0.271 e. The van der Waals surface area contributed by atoms with Crippen molar-refractivity contribution in [2.45, 2.75) is 13.3 Å². The van der Waals surface area contributed by atoms with Crippen LogP contribution in [0.2, 0.25) is 0 Å². The van der Waals surface area contributed by atoms with Crippen LogP contribution in [0.5, 0.6) is 0 Å². The van der Waals surface area contributed by atoms with Crippen LogP contribution in [0.3, 0.4) is 0 Å². The number of hydrogen-bond acceptors (Lipinski definition) is 2. The molecule has 0 fully saturated rings. The molecule has 0 unspecified atom stereocenters. The fourth-order valence-corrected chi connectivity index (χ4v) is 5.46. The van der Waals surface area contributed by atoms with Crippen molar-refractivity contribution >= 4 is 28.0 Å². The van der Waals surface area contributed by atoms with Gasteiger partial charge in [-0.1, -0.05) is 6.92 Å². The van der Waals surface area contributed by atoms with Crippen LogP contribution in [0.15, 0.2) is 24.8 Å². The van der Waals surface area contributed by atoms with Gasteiger partial charge in [0.1, 0.15) is 52.7 Å². The van der Waals surface area contributed by atoms with Gasteiger partial charge in [-0.15, -0.1) is 21.9 Å². The van der Waals surface area contributed by atoms with Gasteiger partial charge in [0.15, 0.2) is 76.4 Å². The minimum absolute atomic E-state index is 0.745. The van der Waals surface area contributed by atoms with Crippen LogP contribution in [-0.2, 0) is 0 Å². The summed E-state index contributed by atoms with van der Waals surface area (Å²) in [7, 11) is 0. The van der Waals surface area contributed by atoms with Crippen LogP contribution in [0, 0.1) is 116 Å². The molecule has 4 aromatic carbocycles. The second kappa shape index (κ2) is 15.6. The summed E-state index contributed by atoms with van der Waals surface area (Å²) in [6, 6.07) is 0. The van der Waals surface area contributed by atoms with Crippen molar-refractivity contribution in [3.8, 4) is 0 Å². The molecule has 3 nitrogen and oxygen atoms in total. The van der Waals surface area contributed by atoms with Gasteiger partial charge in [-0.05, 0) is 6.42 Å². The summed E-state index contributed by atoms with van der Waals surface area (Å²) in [4.78, 5) is 9.08. The van der Waals surface area contributed by atoms with Crippen molar-refractivity contribution in [2.75, 3.05) is 6.61 Å². The van der Waals surface area contributed by atoms with E-state index in [4.69, 9.17) is 4.84 Å². The highest BCUT2D eigenvalue weighted by atomic mass is 19.2. The second-order valence-electron chi connectivity index (χ2n) is 10.7. The molecule has 5 aromatic rings. The van der Waals surface area contributed by atoms with Crippen LogP contribution in [0.1, 0.15) is 13.3 Å². The zero-order valence-corrected chi connectivity index (χ0v) is 26.2. The van der Waals surface area contributed by atoms with E-state index >= 15 is 35.1 Å². The van der Waals surface area contributed by atoms with Gasteiger partial charge in [-0.2, -0.15) is 0 Å². The first-order valence-corrected chi connectivity index (χ1v) is 14.3. The summed E-state index contributed by atoms with van der Waals surface area (Å²) in [6.07, 6.45) is 0.733. The van der Waals surface area contributed by atoms with E-state index in [-0.39, 0.29) is 0 Å². The predicted molar refractivity (Wildman–Crippen MR) is 145 cm³/mol. The summed E-state index contributed by atoms with van der Waals surface area (Å²) in [5.74, 6) is -71.4. The highest BCUT2D eigenvalue weighted by Gasteiger charge is 2.52. The molecule has 294 valence electrons. The molecule has 5 rings (SSSR count). The third-order valence-electron chi connectivity index (χ3n) is 7.75. The Labute approximate surface area is 291 Å². The Morgan fingerprint density at radius 1 is 0.382 bits per heavy atom. The molecular formula is C31H11BF20N2O. The lowest BCUT2D eigenvalue weighted by Gasteiger charge is -2.44. The van der Waals surface area contributed by atoms with Gasteiger partial charge < -0.3 is 0 Å². The molecule has 0 spiro atoms. The highest BCUT2D eigenvalue weighted by molar-refractivity contribution is 7.20. The van der Waals surface area contributed by atoms with E-state index < -0.39 is 144 Å². The molecule has 0 aliphatic heterocycles. The van der Waals surface area contributed by atoms with E-state index in [0.29, 0.717) is 0 Å². The molecule has 0 bridgehead atoms. The van der Waals surface area contributed by atoms with Crippen LogP contribution >= 0.6 is 0 Å². The van der Waals surface area contributed by atoms with E-state index in [1.807, 2.05) is 0 Å². The summed E-state index contributed by atoms with van der Waals surface area (Å²) in [6.45, 7) is 2.82. The van der Waals surface area contributed by atoms with E-state index in [0.717, 1.165) is 13.0 Å². The Hall–Kier alpha value is -5.58. The quantitative estimate of drug-likeness (QED) is 0.0658. The maximum Gasteiger partial charge on any atom is 0.240 e. The zero-order chi connectivity index (χ0) is 41.6. The van der Waals surface area contributed by atoms with E-state index in [1.165, 1.54) is 0 Å². The Balaban J connectivity index is 0.000000583. The van der Waals surface area contributed by atoms with Crippen LogP contribution in [0.25, 0.3) is 0 Å². The molecule has 0 amide bonds. The summed E-state index contributed by atoms with van der Waals surface area (Å²) >= 11 is 0. The Morgan fingerprint density at radius 2 is 0.582 bits per heavy atom. The van der Waals surface area contributed by atoms with Gasteiger partial charge in [0.2, 0.25) is 12.4 Å². The smallest absolute Gasteiger partial charge is 0.240 e. The first kappa shape index (κ1) is 42.2. The maximum atomic E-state index is 15.4. The van der Waals surface area contributed by atoms with Gasteiger partial charge >= 0.3 is 0 Å². The number of hydrogen-bond donors (Lipinski definition) is 0. The Morgan fingerprint density at radius 3 is 0.782 bits per heavy atom. The molecule has 0 aliphatic rings. The van der Waals surface area contributed by atoms with Gasteiger partial charge in [0, 0.05) is 4.73 Å². The van der Waals surface area contributed by atoms with Crippen LogP contribution < -0.4 is 31.4 Å². The van der Waals surface area contributed by atoms with Crippen molar-refractivity contribution in [1.82, 2.24) is 4.98 Å². The standard InChI is InChI=1S/C24BF20.C7H11N2O/c26-5-1(6(27)14(35)21(42)13(5)34)25(2-7(28)15(36)22(43)16(37)8(2)29,3-9(30)17(38)23(44)18(39)10(3)31)4-11(32)19(40)24(45)20(41)12(4)33;1-2-7-10-9-5-3-8-4-6-9/h;3-6H,2,7H2,1H3/q-1;+1. The molecule has 0 atom stereocenters. The molecule has 0 N–H and O–H groups in total. The molecule has 1 heterocycles. The molecule has 0 radical (unpaired) electrons. The molecule has 24 heteroatoms. The fraction of sp³-hybridized carbons (Fsp3) is 0.0968. The summed E-state index contributed by atoms with van der Waals surface area (Å²) in [5.41, 5.74) is -14.3. The Kier molecular flexibility index (Phi) is 12.0. The van der Waals surface area contributed by atoms with E-state index in [9.17, 15) is 52.7 Å². The monoisotopic (exact) mass is 818 g/mol. The largest absolute Gasteiger partial charge is 0.271 e. The number of aromatic nitrogens is 2. The second-order valence-corrected chi connectivity index (χ2v) is 10.7. The van der Waals surface area contributed by atoms with Crippen molar-refractivity contribution in [1.29, 1.82) is 0 Å². The number of benzene rings is 4. The number of nitrogens with zero attached hydrogens (tertiary/aromatic N) is 2. The summed E-state index contributed by atoms with van der Waals surface area (Å²) in [5, 5.41) is 0. The first-order valence-electron chi connectivity index (χ1n) is 14.3. The van der Waals surface area contributed by atoms with Crippen molar-refractivity contribution in [3.63, 3.8) is 0 Å². The molecule has 0 saturated heterocycles. The van der Waals surface area contributed by atoms with E-state index in [2.05, 4.69) is 11.9 Å². The van der Waals surface area contributed by atoms with Crippen molar-refractivity contribution in [2.24, 2.45) is 0 Å². The average molecular weight is 818 g/mol. The van der Waals surface area contributed by atoms with Crippen molar-refractivity contribution in [3.05, 3.63) is 141 Å². The van der Waals surface area contributed by atoms with Gasteiger partial charge in [-0.25, -0.2) is 87.8 Å². The fourth-order valence-electron chi connectivity index (χ4n) is 5.46. The number of halogens is 20. The van der Waals surface area contributed by atoms with Gasteiger partial charge in [0.25, 0.3) is 0 Å². The summed E-state index contributed by atoms with van der Waals surface area (Å²) < 4.78 is 296. The lowest BCUT2D eigenvalue weighted by molar-refractivity contribution is -0.891. The zero-order valence-electron chi connectivity index (χ0n) is 26.2. The third kappa shape index (κ3) is 6.53. The maximum absolute atomic E-state index is 15.4. The average Bonchev–Trinajstić information content (AvgIpc) is 3.17. The molecule has 55 heavy (non-hydrogen) atoms. The molecule has 0 saturated carbocycles. The first-order chi connectivity index (χ1) is 25.6. The normalized spacial score (nSPS) is 11.5.